The second kappa shape index (κ2) is 9.07. The summed E-state index contributed by atoms with van der Waals surface area (Å²) in [6.07, 6.45) is 0.588. The van der Waals surface area contributed by atoms with Gasteiger partial charge in [0, 0.05) is 29.9 Å². The van der Waals surface area contributed by atoms with Gasteiger partial charge in [-0.1, -0.05) is 15.9 Å². The average Bonchev–Trinajstić information content (AvgIpc) is 2.40. The van der Waals surface area contributed by atoms with E-state index in [0.717, 1.165) is 15.7 Å². The minimum atomic E-state index is -0.127. The molecule has 5 nitrogen and oxygen atoms in total. The van der Waals surface area contributed by atoms with Crippen LogP contribution in [0, 0.1) is 6.92 Å². The Labute approximate surface area is 127 Å². The minimum Gasteiger partial charge on any atom is -0.396 e. The number of carbonyl (C=O) groups is 1. The fourth-order valence-corrected chi connectivity index (χ4v) is 2.08. The Morgan fingerprint density at radius 3 is 2.65 bits per heavy atom. The fourth-order valence-electron chi connectivity index (χ4n) is 1.83. The molecule has 0 fully saturated rings. The van der Waals surface area contributed by atoms with Crippen molar-refractivity contribution in [3.8, 4) is 0 Å². The quantitative estimate of drug-likeness (QED) is 0.666. The molecule has 1 aromatic carbocycles. The Morgan fingerprint density at radius 2 is 2.05 bits per heavy atom. The van der Waals surface area contributed by atoms with Gasteiger partial charge in [0.15, 0.2) is 0 Å². The molecule has 112 valence electrons. The summed E-state index contributed by atoms with van der Waals surface area (Å²) >= 11 is 3.41. The number of aliphatic hydroxyl groups is 2. The number of aryl methyl sites for hydroxylation is 1. The maximum absolute atomic E-state index is 11.9. The lowest BCUT2D eigenvalue weighted by molar-refractivity contribution is -0.117. The summed E-state index contributed by atoms with van der Waals surface area (Å²) in [5.41, 5.74) is 1.80. The maximum Gasteiger partial charge on any atom is 0.238 e. The third kappa shape index (κ3) is 6.00. The van der Waals surface area contributed by atoms with Gasteiger partial charge in [0.05, 0.1) is 13.2 Å². The Bertz CT molecular complexity index is 440. The van der Waals surface area contributed by atoms with E-state index < -0.39 is 0 Å². The fraction of sp³-hybridized carbons (Fsp3) is 0.500. The lowest BCUT2D eigenvalue weighted by Gasteiger charge is -2.20. The second-order valence-electron chi connectivity index (χ2n) is 4.59. The number of benzene rings is 1. The van der Waals surface area contributed by atoms with Crippen molar-refractivity contribution < 1.29 is 15.0 Å². The van der Waals surface area contributed by atoms with E-state index in [2.05, 4.69) is 21.2 Å². The first kappa shape index (κ1) is 17.1. The molecular weight excluding hydrogens is 324 g/mol. The molecule has 0 unspecified atom stereocenters. The molecule has 0 aliphatic heterocycles. The zero-order valence-corrected chi connectivity index (χ0v) is 13.2. The van der Waals surface area contributed by atoms with Crippen molar-refractivity contribution in [3.63, 3.8) is 0 Å². The highest BCUT2D eigenvalue weighted by Gasteiger charge is 2.10. The van der Waals surface area contributed by atoms with E-state index in [4.69, 9.17) is 10.2 Å². The molecule has 0 saturated carbocycles. The highest BCUT2D eigenvalue weighted by atomic mass is 79.9. The van der Waals surface area contributed by atoms with Gasteiger partial charge in [-0.2, -0.15) is 0 Å². The number of carbonyl (C=O) groups excluding carboxylic acids is 1. The van der Waals surface area contributed by atoms with Crippen molar-refractivity contribution in [2.75, 3.05) is 38.2 Å². The van der Waals surface area contributed by atoms with Crippen LogP contribution in [0.5, 0.6) is 0 Å². The summed E-state index contributed by atoms with van der Waals surface area (Å²) in [5.74, 6) is -0.127. The average molecular weight is 345 g/mol. The lowest BCUT2D eigenvalue weighted by Crippen LogP contribution is -2.36. The number of hydrogen-bond acceptors (Lipinski definition) is 4. The topological polar surface area (TPSA) is 72.8 Å². The zero-order valence-electron chi connectivity index (χ0n) is 11.6. The van der Waals surface area contributed by atoms with Crippen LogP contribution in [0.4, 0.5) is 5.69 Å². The Balaban J connectivity index is 2.53. The third-order valence-corrected chi connectivity index (χ3v) is 3.75. The van der Waals surface area contributed by atoms with Crippen LogP contribution in [0.25, 0.3) is 0 Å². The molecule has 0 aliphatic rings. The van der Waals surface area contributed by atoms with Crippen LogP contribution in [0.1, 0.15) is 12.0 Å². The van der Waals surface area contributed by atoms with E-state index in [9.17, 15) is 4.79 Å². The summed E-state index contributed by atoms with van der Waals surface area (Å²) in [7, 11) is 0. The Morgan fingerprint density at radius 1 is 1.30 bits per heavy atom. The number of hydrogen-bond donors (Lipinski definition) is 3. The van der Waals surface area contributed by atoms with Crippen molar-refractivity contribution in [3.05, 3.63) is 28.2 Å². The van der Waals surface area contributed by atoms with Crippen LogP contribution < -0.4 is 5.32 Å². The summed E-state index contributed by atoms with van der Waals surface area (Å²) in [4.78, 5) is 13.8. The molecular formula is C14H21BrN2O3. The van der Waals surface area contributed by atoms with E-state index in [1.165, 1.54) is 0 Å². The predicted molar refractivity (Wildman–Crippen MR) is 82.7 cm³/mol. The van der Waals surface area contributed by atoms with Gasteiger partial charge in [-0.3, -0.25) is 9.69 Å². The van der Waals surface area contributed by atoms with Crippen molar-refractivity contribution in [2.45, 2.75) is 13.3 Å². The lowest BCUT2D eigenvalue weighted by atomic mass is 10.2. The summed E-state index contributed by atoms with van der Waals surface area (Å²) in [5, 5.41) is 20.6. The molecule has 0 bridgehead atoms. The van der Waals surface area contributed by atoms with Gasteiger partial charge in [-0.25, -0.2) is 0 Å². The van der Waals surface area contributed by atoms with E-state index in [1.54, 1.807) is 0 Å². The molecule has 20 heavy (non-hydrogen) atoms. The number of anilines is 1. The number of nitrogens with one attached hydrogen (secondary N) is 1. The van der Waals surface area contributed by atoms with Gasteiger partial charge in [-0.15, -0.1) is 0 Å². The Kier molecular flexibility index (Phi) is 7.76. The number of halogens is 1. The predicted octanol–water partition coefficient (Wildman–Crippen LogP) is 1.37. The molecule has 3 N–H and O–H groups in total. The molecule has 0 aliphatic carbocycles. The number of rotatable bonds is 8. The third-order valence-electron chi connectivity index (χ3n) is 2.86. The van der Waals surface area contributed by atoms with E-state index >= 15 is 0 Å². The van der Waals surface area contributed by atoms with Crippen molar-refractivity contribution >= 4 is 27.5 Å². The minimum absolute atomic E-state index is 0.00387. The van der Waals surface area contributed by atoms with Crippen LogP contribution in [0.15, 0.2) is 22.7 Å². The first-order valence-corrected chi connectivity index (χ1v) is 7.36. The monoisotopic (exact) mass is 344 g/mol. The van der Waals surface area contributed by atoms with Gasteiger partial charge >= 0.3 is 0 Å². The molecule has 1 aromatic rings. The molecule has 0 heterocycles. The van der Waals surface area contributed by atoms with Gasteiger partial charge in [0.2, 0.25) is 5.91 Å². The van der Waals surface area contributed by atoms with Gasteiger partial charge < -0.3 is 15.5 Å². The number of nitrogens with zero attached hydrogens (tertiary/aromatic N) is 1. The van der Waals surface area contributed by atoms with Gasteiger partial charge in [0.1, 0.15) is 0 Å². The molecule has 1 rings (SSSR count). The van der Waals surface area contributed by atoms with Crippen LogP contribution in [0.3, 0.4) is 0 Å². The Hall–Kier alpha value is -0.950. The standard InChI is InChI=1S/C14H21BrN2O3/c1-11-9-12(3-4-13(11)15)16-14(20)10-17(6-8-19)5-2-7-18/h3-4,9,18-19H,2,5-8,10H2,1H3,(H,16,20). The van der Waals surface area contributed by atoms with Crippen LogP contribution in [-0.2, 0) is 4.79 Å². The summed E-state index contributed by atoms with van der Waals surface area (Å²) < 4.78 is 1.00. The summed E-state index contributed by atoms with van der Waals surface area (Å²) in [6, 6.07) is 5.62. The van der Waals surface area contributed by atoms with Crippen LogP contribution >= 0.6 is 15.9 Å². The molecule has 0 atom stereocenters. The molecule has 0 spiro atoms. The van der Waals surface area contributed by atoms with Crippen LogP contribution in [0.2, 0.25) is 0 Å². The van der Waals surface area contributed by atoms with Crippen molar-refractivity contribution in [1.29, 1.82) is 0 Å². The largest absolute Gasteiger partial charge is 0.396 e. The molecule has 0 saturated heterocycles. The SMILES string of the molecule is Cc1cc(NC(=O)CN(CCO)CCCO)ccc1Br. The van der Waals surface area contributed by atoms with E-state index in [-0.39, 0.29) is 25.7 Å². The van der Waals surface area contributed by atoms with Crippen molar-refractivity contribution in [2.24, 2.45) is 0 Å². The second-order valence-corrected chi connectivity index (χ2v) is 5.44. The van der Waals surface area contributed by atoms with E-state index in [1.807, 2.05) is 30.0 Å². The van der Waals surface area contributed by atoms with E-state index in [0.29, 0.717) is 19.5 Å². The first-order valence-electron chi connectivity index (χ1n) is 6.57. The highest BCUT2D eigenvalue weighted by molar-refractivity contribution is 9.10. The van der Waals surface area contributed by atoms with Gasteiger partial charge in [-0.05, 0) is 37.1 Å². The first-order chi connectivity index (χ1) is 9.56. The highest BCUT2D eigenvalue weighted by Crippen LogP contribution is 2.19. The normalized spacial score (nSPS) is 10.8. The van der Waals surface area contributed by atoms with Crippen molar-refractivity contribution in [1.82, 2.24) is 4.90 Å². The molecule has 0 radical (unpaired) electrons. The number of aliphatic hydroxyl groups excluding tert-OH is 2. The maximum atomic E-state index is 11.9. The van der Waals surface area contributed by atoms with Crippen LogP contribution in [-0.4, -0.2) is 53.9 Å². The summed E-state index contributed by atoms with van der Waals surface area (Å²) in [6.45, 7) is 3.25. The molecule has 6 heteroatoms. The molecule has 1 amide bonds. The smallest absolute Gasteiger partial charge is 0.238 e. The molecule has 0 aromatic heterocycles. The van der Waals surface area contributed by atoms with Gasteiger partial charge in [0.25, 0.3) is 0 Å². The number of amides is 1. The zero-order chi connectivity index (χ0) is 15.0.